The fourth-order valence-electron chi connectivity index (χ4n) is 2.16. The zero-order valence-electron chi connectivity index (χ0n) is 9.06. The van der Waals surface area contributed by atoms with Crippen molar-refractivity contribution in [3.05, 3.63) is 64.7 Å². The fourth-order valence-corrected chi connectivity index (χ4v) is 2.34. The van der Waals surface area contributed by atoms with Crippen LogP contribution in [0, 0.1) is 0 Å². The Kier molecular flexibility index (Phi) is 2.35. The molecular formula is C14H11ClO2. The molecular weight excluding hydrogens is 236 g/mol. The topological polar surface area (TPSA) is 29.5 Å². The highest BCUT2D eigenvalue weighted by molar-refractivity contribution is 6.30. The summed E-state index contributed by atoms with van der Waals surface area (Å²) in [6.07, 6.45) is 0. The molecule has 1 atom stereocenters. The van der Waals surface area contributed by atoms with Crippen LogP contribution in [0.3, 0.4) is 0 Å². The van der Waals surface area contributed by atoms with Gasteiger partial charge in [-0.2, -0.15) is 0 Å². The van der Waals surface area contributed by atoms with Gasteiger partial charge in [-0.15, -0.1) is 0 Å². The molecule has 86 valence electrons. The Morgan fingerprint density at radius 1 is 1.12 bits per heavy atom. The van der Waals surface area contributed by atoms with E-state index < -0.39 is 5.60 Å². The molecule has 1 N–H and O–H groups in total. The third-order valence-electron chi connectivity index (χ3n) is 3.08. The molecule has 3 heteroatoms. The number of ether oxygens (including phenoxy) is 1. The molecule has 1 aliphatic heterocycles. The SMILES string of the molecule is OC1(c2ccccc2)COc2ccc(Cl)cc21. The van der Waals surface area contributed by atoms with Crippen molar-refractivity contribution < 1.29 is 9.84 Å². The summed E-state index contributed by atoms with van der Waals surface area (Å²) in [6, 6.07) is 14.8. The number of rotatable bonds is 1. The van der Waals surface area contributed by atoms with Crippen LogP contribution in [-0.2, 0) is 5.60 Å². The Hall–Kier alpha value is -1.51. The number of halogens is 1. The monoisotopic (exact) mass is 246 g/mol. The van der Waals surface area contributed by atoms with Gasteiger partial charge in [-0.1, -0.05) is 41.9 Å². The van der Waals surface area contributed by atoms with Gasteiger partial charge in [0.1, 0.15) is 12.4 Å². The van der Waals surface area contributed by atoms with Crippen molar-refractivity contribution in [2.24, 2.45) is 0 Å². The normalized spacial score (nSPS) is 22.0. The molecule has 0 fully saturated rings. The predicted molar refractivity (Wildman–Crippen MR) is 66.4 cm³/mol. The minimum Gasteiger partial charge on any atom is -0.489 e. The molecule has 0 saturated carbocycles. The Labute approximate surface area is 104 Å². The first kappa shape index (κ1) is 10.6. The van der Waals surface area contributed by atoms with E-state index in [1.54, 1.807) is 18.2 Å². The van der Waals surface area contributed by atoms with E-state index in [-0.39, 0.29) is 6.61 Å². The third-order valence-corrected chi connectivity index (χ3v) is 3.31. The van der Waals surface area contributed by atoms with E-state index in [1.165, 1.54) is 0 Å². The first-order valence-corrected chi connectivity index (χ1v) is 5.79. The van der Waals surface area contributed by atoms with Crippen LogP contribution >= 0.6 is 11.6 Å². The van der Waals surface area contributed by atoms with Gasteiger partial charge >= 0.3 is 0 Å². The highest BCUT2D eigenvalue weighted by Crippen LogP contribution is 2.42. The molecule has 17 heavy (non-hydrogen) atoms. The average Bonchev–Trinajstić information content (AvgIpc) is 2.70. The summed E-state index contributed by atoms with van der Waals surface area (Å²) in [4.78, 5) is 0. The molecule has 0 amide bonds. The van der Waals surface area contributed by atoms with E-state index in [4.69, 9.17) is 16.3 Å². The van der Waals surface area contributed by atoms with Crippen LogP contribution in [0.25, 0.3) is 0 Å². The van der Waals surface area contributed by atoms with Gasteiger partial charge in [0.2, 0.25) is 0 Å². The van der Waals surface area contributed by atoms with E-state index in [9.17, 15) is 5.11 Å². The summed E-state index contributed by atoms with van der Waals surface area (Å²) in [5, 5.41) is 11.4. The zero-order chi connectivity index (χ0) is 11.9. The summed E-state index contributed by atoms with van der Waals surface area (Å²) in [7, 11) is 0. The van der Waals surface area contributed by atoms with E-state index in [1.807, 2.05) is 30.3 Å². The Morgan fingerprint density at radius 3 is 2.65 bits per heavy atom. The Bertz CT molecular complexity index is 553. The van der Waals surface area contributed by atoms with Crippen molar-refractivity contribution in [1.29, 1.82) is 0 Å². The van der Waals surface area contributed by atoms with Gasteiger partial charge < -0.3 is 9.84 Å². The van der Waals surface area contributed by atoms with Gasteiger partial charge in [0.05, 0.1) is 0 Å². The fraction of sp³-hybridized carbons (Fsp3) is 0.143. The first-order chi connectivity index (χ1) is 8.20. The largest absolute Gasteiger partial charge is 0.489 e. The maximum Gasteiger partial charge on any atom is 0.152 e. The lowest BCUT2D eigenvalue weighted by Gasteiger charge is -2.21. The lowest BCUT2D eigenvalue weighted by atomic mass is 9.88. The molecule has 2 aromatic rings. The van der Waals surface area contributed by atoms with Crippen molar-refractivity contribution in [3.63, 3.8) is 0 Å². The number of aliphatic hydroxyl groups is 1. The second-order valence-corrected chi connectivity index (χ2v) is 4.59. The van der Waals surface area contributed by atoms with Gasteiger partial charge in [0.15, 0.2) is 5.60 Å². The molecule has 0 aliphatic carbocycles. The van der Waals surface area contributed by atoms with Crippen LogP contribution in [0.2, 0.25) is 5.02 Å². The van der Waals surface area contributed by atoms with Crippen LogP contribution in [0.5, 0.6) is 5.75 Å². The first-order valence-electron chi connectivity index (χ1n) is 5.41. The van der Waals surface area contributed by atoms with Crippen molar-refractivity contribution in [1.82, 2.24) is 0 Å². The lowest BCUT2D eigenvalue weighted by molar-refractivity contribution is 0.0560. The van der Waals surface area contributed by atoms with E-state index in [0.29, 0.717) is 10.8 Å². The van der Waals surface area contributed by atoms with Crippen molar-refractivity contribution in [3.8, 4) is 5.75 Å². The Balaban J connectivity index is 2.16. The summed E-state index contributed by atoms with van der Waals surface area (Å²) < 4.78 is 5.51. The van der Waals surface area contributed by atoms with Crippen LogP contribution in [0.1, 0.15) is 11.1 Å². The number of benzene rings is 2. The summed E-state index contributed by atoms with van der Waals surface area (Å²) >= 11 is 5.97. The molecule has 2 aromatic carbocycles. The number of hydrogen-bond acceptors (Lipinski definition) is 2. The molecule has 0 aromatic heterocycles. The van der Waals surface area contributed by atoms with Gasteiger partial charge in [0, 0.05) is 10.6 Å². The maximum atomic E-state index is 10.8. The molecule has 1 aliphatic rings. The maximum absolute atomic E-state index is 10.8. The quantitative estimate of drug-likeness (QED) is 0.838. The summed E-state index contributed by atoms with van der Waals surface area (Å²) in [6.45, 7) is 0.229. The predicted octanol–water partition coefficient (Wildman–Crippen LogP) is 2.97. The molecule has 1 unspecified atom stereocenters. The van der Waals surface area contributed by atoms with Crippen molar-refractivity contribution in [2.75, 3.05) is 6.61 Å². The highest BCUT2D eigenvalue weighted by atomic mass is 35.5. The molecule has 3 rings (SSSR count). The number of hydrogen-bond donors (Lipinski definition) is 1. The lowest BCUT2D eigenvalue weighted by Crippen LogP contribution is -2.28. The smallest absolute Gasteiger partial charge is 0.152 e. The molecule has 0 saturated heterocycles. The second kappa shape index (κ2) is 3.76. The van der Waals surface area contributed by atoms with Crippen LogP contribution in [0.4, 0.5) is 0 Å². The second-order valence-electron chi connectivity index (χ2n) is 4.16. The molecule has 0 spiro atoms. The highest BCUT2D eigenvalue weighted by Gasteiger charge is 2.40. The minimum absolute atomic E-state index is 0.229. The zero-order valence-corrected chi connectivity index (χ0v) is 9.82. The van der Waals surface area contributed by atoms with E-state index in [0.717, 1.165) is 11.1 Å². The van der Waals surface area contributed by atoms with Crippen LogP contribution in [-0.4, -0.2) is 11.7 Å². The van der Waals surface area contributed by atoms with Crippen molar-refractivity contribution >= 4 is 11.6 Å². The van der Waals surface area contributed by atoms with Crippen LogP contribution in [0.15, 0.2) is 48.5 Å². The van der Waals surface area contributed by atoms with Gasteiger partial charge in [0.25, 0.3) is 0 Å². The molecule has 1 heterocycles. The van der Waals surface area contributed by atoms with Gasteiger partial charge in [-0.05, 0) is 23.8 Å². The molecule has 0 radical (unpaired) electrons. The standard InChI is InChI=1S/C14H11ClO2/c15-11-6-7-13-12(8-11)14(16,9-17-13)10-4-2-1-3-5-10/h1-8,16H,9H2. The number of fused-ring (bicyclic) bond motifs is 1. The summed E-state index contributed by atoms with van der Waals surface area (Å²) in [5.41, 5.74) is 0.457. The molecule has 0 bridgehead atoms. The summed E-state index contributed by atoms with van der Waals surface area (Å²) in [5.74, 6) is 0.695. The minimum atomic E-state index is -1.10. The van der Waals surface area contributed by atoms with E-state index >= 15 is 0 Å². The van der Waals surface area contributed by atoms with Crippen molar-refractivity contribution in [2.45, 2.75) is 5.60 Å². The van der Waals surface area contributed by atoms with Crippen LogP contribution < -0.4 is 4.74 Å². The average molecular weight is 247 g/mol. The third kappa shape index (κ3) is 1.61. The van der Waals surface area contributed by atoms with Gasteiger partial charge in [-0.3, -0.25) is 0 Å². The Morgan fingerprint density at radius 2 is 1.88 bits per heavy atom. The van der Waals surface area contributed by atoms with E-state index in [2.05, 4.69) is 0 Å². The van der Waals surface area contributed by atoms with Gasteiger partial charge in [-0.25, -0.2) is 0 Å². The molecule has 2 nitrogen and oxygen atoms in total.